The molecular weight excluding hydrogens is 451 g/mol. The number of rotatable bonds is 3. The normalized spacial score (nSPS) is 12.7. The van der Waals surface area contributed by atoms with Gasteiger partial charge >= 0.3 is 0 Å². The minimum atomic E-state index is -0.403. The van der Waals surface area contributed by atoms with Crippen molar-refractivity contribution in [1.82, 2.24) is 5.43 Å². The second-order valence-corrected chi connectivity index (χ2v) is 8.13. The number of nitrogens with one attached hydrogen (secondary N) is 1. The number of halogens is 4. The van der Waals surface area contributed by atoms with Gasteiger partial charge in [-0.1, -0.05) is 12.1 Å². The van der Waals surface area contributed by atoms with E-state index in [0.717, 1.165) is 13.1 Å². The van der Waals surface area contributed by atoms with Crippen molar-refractivity contribution in [2.75, 3.05) is 0 Å². The molecule has 18 heavy (non-hydrogen) atoms. The lowest BCUT2D eigenvalue weighted by molar-refractivity contribution is 0.556. The monoisotopic (exact) mass is 456 g/mol. The van der Waals surface area contributed by atoms with Gasteiger partial charge in [-0.25, -0.2) is 9.82 Å². The predicted octanol–water partition coefficient (Wildman–Crippen LogP) is 4.73. The molecule has 2 aromatic rings. The largest absolute Gasteiger partial charge is 0.271 e. The molecule has 0 aliphatic rings. The minimum Gasteiger partial charge on any atom is -0.271 e. The molecule has 2 nitrogen and oxygen atoms in total. The molecule has 7 heteroatoms. The Bertz CT molecular complexity index is 573. The molecular formula is C11H8Br3FN2S. The summed E-state index contributed by atoms with van der Waals surface area (Å²) in [6.45, 7) is 0. The van der Waals surface area contributed by atoms with Crippen LogP contribution in [0.2, 0.25) is 0 Å². The first-order chi connectivity index (χ1) is 8.54. The maximum absolute atomic E-state index is 14.1. The van der Waals surface area contributed by atoms with Crippen LogP contribution in [-0.2, 0) is 0 Å². The molecule has 1 aromatic heterocycles. The molecule has 0 amide bonds. The summed E-state index contributed by atoms with van der Waals surface area (Å²) in [6.07, 6.45) is 0. The van der Waals surface area contributed by atoms with E-state index in [4.69, 9.17) is 5.84 Å². The van der Waals surface area contributed by atoms with Crippen molar-refractivity contribution >= 4 is 59.1 Å². The lowest BCUT2D eigenvalue weighted by Crippen LogP contribution is -2.29. The molecule has 0 fully saturated rings. The number of benzene rings is 1. The molecule has 1 atom stereocenters. The summed E-state index contributed by atoms with van der Waals surface area (Å²) in [5, 5.41) is 0. The van der Waals surface area contributed by atoms with Crippen LogP contribution in [0.4, 0.5) is 4.39 Å². The molecule has 1 aromatic carbocycles. The van der Waals surface area contributed by atoms with E-state index >= 15 is 0 Å². The van der Waals surface area contributed by atoms with Crippen LogP contribution < -0.4 is 11.3 Å². The molecule has 0 saturated carbocycles. The number of hydrazine groups is 1. The SMILES string of the molecule is NNC(c1cc(Br)sc1Br)c1cccc(Br)c1F. The number of nitrogens with two attached hydrogens (primary N) is 1. The molecule has 3 N–H and O–H groups in total. The lowest BCUT2D eigenvalue weighted by atomic mass is 10.0. The summed E-state index contributed by atoms with van der Waals surface area (Å²) in [7, 11) is 0. The molecule has 0 saturated heterocycles. The van der Waals surface area contributed by atoms with Crippen LogP contribution in [0.1, 0.15) is 17.2 Å². The van der Waals surface area contributed by atoms with Gasteiger partial charge in [-0.15, -0.1) is 11.3 Å². The summed E-state index contributed by atoms with van der Waals surface area (Å²) >= 11 is 11.6. The third-order valence-corrected chi connectivity index (χ3v) is 5.45. The number of hydrogen-bond acceptors (Lipinski definition) is 3. The van der Waals surface area contributed by atoms with Crippen molar-refractivity contribution < 1.29 is 4.39 Å². The zero-order chi connectivity index (χ0) is 13.3. The molecule has 2 rings (SSSR count). The quantitative estimate of drug-likeness (QED) is 0.515. The summed E-state index contributed by atoms with van der Waals surface area (Å²) in [6, 6.07) is 6.66. The highest BCUT2D eigenvalue weighted by molar-refractivity contribution is 9.12. The van der Waals surface area contributed by atoms with E-state index in [-0.39, 0.29) is 5.82 Å². The summed E-state index contributed by atoms with van der Waals surface area (Å²) in [5.41, 5.74) is 4.04. The van der Waals surface area contributed by atoms with Crippen molar-refractivity contribution in [2.45, 2.75) is 6.04 Å². The highest BCUT2D eigenvalue weighted by Gasteiger charge is 2.21. The highest BCUT2D eigenvalue weighted by atomic mass is 79.9. The molecule has 1 heterocycles. The molecule has 0 radical (unpaired) electrons. The molecule has 96 valence electrons. The van der Waals surface area contributed by atoms with Gasteiger partial charge in [-0.3, -0.25) is 5.84 Å². The predicted molar refractivity (Wildman–Crippen MR) is 83.0 cm³/mol. The van der Waals surface area contributed by atoms with E-state index in [1.807, 2.05) is 6.07 Å². The second kappa shape index (κ2) is 6.11. The molecule has 1 unspecified atom stereocenters. The van der Waals surface area contributed by atoms with Crippen molar-refractivity contribution in [3.8, 4) is 0 Å². The van der Waals surface area contributed by atoms with Crippen LogP contribution in [0.15, 0.2) is 36.3 Å². The Morgan fingerprint density at radius 3 is 2.50 bits per heavy atom. The van der Waals surface area contributed by atoms with E-state index in [9.17, 15) is 4.39 Å². The zero-order valence-electron chi connectivity index (χ0n) is 8.88. The Labute approximate surface area is 133 Å². The fraction of sp³-hybridized carbons (Fsp3) is 0.0909. The van der Waals surface area contributed by atoms with E-state index in [2.05, 4.69) is 53.2 Å². The second-order valence-electron chi connectivity index (χ2n) is 3.52. The Kier molecular flexibility index (Phi) is 4.96. The summed E-state index contributed by atoms with van der Waals surface area (Å²) in [4.78, 5) is 0. The average molecular weight is 459 g/mol. The maximum Gasteiger partial charge on any atom is 0.142 e. The maximum atomic E-state index is 14.1. The van der Waals surface area contributed by atoms with Gasteiger partial charge in [0.1, 0.15) is 5.82 Å². The molecule has 0 aliphatic carbocycles. The van der Waals surface area contributed by atoms with Gasteiger partial charge in [0.2, 0.25) is 0 Å². The van der Waals surface area contributed by atoms with E-state index in [1.54, 1.807) is 18.2 Å². The van der Waals surface area contributed by atoms with Gasteiger partial charge in [0.05, 0.1) is 18.1 Å². The van der Waals surface area contributed by atoms with Gasteiger partial charge < -0.3 is 0 Å². The third-order valence-electron chi connectivity index (χ3n) is 2.45. The Morgan fingerprint density at radius 1 is 1.22 bits per heavy atom. The smallest absolute Gasteiger partial charge is 0.142 e. The first kappa shape index (κ1) is 14.6. The number of hydrogen-bond donors (Lipinski definition) is 2. The fourth-order valence-electron chi connectivity index (χ4n) is 1.64. The lowest BCUT2D eigenvalue weighted by Gasteiger charge is -2.17. The Hall–Kier alpha value is 0.210. The van der Waals surface area contributed by atoms with Crippen LogP contribution in [0, 0.1) is 5.82 Å². The molecule has 0 aliphatic heterocycles. The van der Waals surface area contributed by atoms with Gasteiger partial charge in [0.15, 0.2) is 0 Å². The van der Waals surface area contributed by atoms with E-state index < -0.39 is 6.04 Å². The van der Waals surface area contributed by atoms with Crippen LogP contribution in [0.25, 0.3) is 0 Å². The Balaban J connectivity index is 2.52. The first-order valence-corrected chi connectivity index (χ1v) is 8.09. The fourth-order valence-corrected chi connectivity index (χ4v) is 4.92. The van der Waals surface area contributed by atoms with Crippen molar-refractivity contribution in [2.24, 2.45) is 5.84 Å². The van der Waals surface area contributed by atoms with Gasteiger partial charge in [-0.05, 0) is 59.9 Å². The van der Waals surface area contributed by atoms with Crippen molar-refractivity contribution in [3.63, 3.8) is 0 Å². The standard InChI is InChI=1S/C11H8Br3FN2S/c12-7-3-1-2-5(9(7)15)10(17-16)6-4-8(13)18-11(6)14/h1-4,10,17H,16H2. The van der Waals surface area contributed by atoms with Crippen molar-refractivity contribution in [3.05, 3.63) is 53.3 Å². The van der Waals surface area contributed by atoms with Crippen LogP contribution in [-0.4, -0.2) is 0 Å². The highest BCUT2D eigenvalue weighted by Crippen LogP contribution is 2.38. The van der Waals surface area contributed by atoms with Gasteiger partial charge in [0.25, 0.3) is 0 Å². The van der Waals surface area contributed by atoms with E-state index in [1.165, 1.54) is 11.3 Å². The van der Waals surface area contributed by atoms with Crippen LogP contribution in [0.5, 0.6) is 0 Å². The summed E-state index contributed by atoms with van der Waals surface area (Å²) < 4.78 is 16.4. The van der Waals surface area contributed by atoms with Crippen LogP contribution >= 0.6 is 59.1 Å². The van der Waals surface area contributed by atoms with Crippen molar-refractivity contribution in [1.29, 1.82) is 0 Å². The number of thiophene rings is 1. The first-order valence-electron chi connectivity index (χ1n) is 4.89. The zero-order valence-corrected chi connectivity index (χ0v) is 14.5. The topological polar surface area (TPSA) is 38.0 Å². The average Bonchev–Trinajstić information content (AvgIpc) is 2.65. The molecule has 0 bridgehead atoms. The Morgan fingerprint density at radius 2 is 1.94 bits per heavy atom. The van der Waals surface area contributed by atoms with Crippen LogP contribution in [0.3, 0.4) is 0 Å². The van der Waals surface area contributed by atoms with Gasteiger partial charge in [0, 0.05) is 11.1 Å². The minimum absolute atomic E-state index is 0.310. The van der Waals surface area contributed by atoms with E-state index in [0.29, 0.717) is 10.0 Å². The summed E-state index contributed by atoms with van der Waals surface area (Å²) in [5.74, 6) is 5.26. The molecule has 0 spiro atoms. The third kappa shape index (κ3) is 2.86. The van der Waals surface area contributed by atoms with Gasteiger partial charge in [-0.2, -0.15) is 0 Å².